The van der Waals surface area contributed by atoms with Gasteiger partial charge >= 0.3 is 0 Å². The number of fused-ring (bicyclic) bond motifs is 1. The molecule has 1 aliphatic carbocycles. The largest absolute Gasteiger partial charge is 0.248 e. The molecule has 2 heteroatoms. The van der Waals surface area contributed by atoms with Crippen molar-refractivity contribution >= 4 is 38.0 Å². The summed E-state index contributed by atoms with van der Waals surface area (Å²) in [5, 5.41) is 1.17. The van der Waals surface area contributed by atoms with Gasteiger partial charge in [-0.25, -0.2) is 4.98 Å². The molecule has 0 amide bonds. The lowest BCUT2D eigenvalue weighted by Gasteiger charge is -2.05. The minimum Gasteiger partial charge on any atom is -0.248 e. The molecule has 106 valence electrons. The molecule has 0 saturated carbocycles. The molecule has 1 unspecified atom stereocenters. The highest BCUT2D eigenvalue weighted by Crippen LogP contribution is 2.36. The van der Waals surface area contributed by atoms with E-state index in [1.165, 1.54) is 22.1 Å². The van der Waals surface area contributed by atoms with E-state index in [1.807, 2.05) is 18.2 Å². The van der Waals surface area contributed by atoms with Gasteiger partial charge in [-0.3, -0.25) is 0 Å². The van der Waals surface area contributed by atoms with Gasteiger partial charge in [0.2, 0.25) is 0 Å². The Balaban J connectivity index is 1.76. The predicted molar refractivity (Wildman–Crippen MR) is 96.9 cm³/mol. The Morgan fingerprint density at radius 3 is 2.45 bits per heavy atom. The summed E-state index contributed by atoms with van der Waals surface area (Å²) in [7, 11) is 0. The van der Waals surface area contributed by atoms with E-state index in [-0.39, 0.29) is 4.83 Å². The van der Waals surface area contributed by atoms with Crippen LogP contribution >= 0.6 is 15.9 Å². The lowest BCUT2D eigenvalue weighted by Crippen LogP contribution is -1.92. The second-order valence-corrected chi connectivity index (χ2v) is 6.37. The summed E-state index contributed by atoms with van der Waals surface area (Å²) in [6, 6.07) is 22.9. The molecule has 2 aromatic carbocycles. The number of pyridine rings is 1. The molecule has 0 fully saturated rings. The van der Waals surface area contributed by atoms with Gasteiger partial charge < -0.3 is 0 Å². The van der Waals surface area contributed by atoms with Crippen LogP contribution in [0.2, 0.25) is 0 Å². The first-order valence-corrected chi connectivity index (χ1v) is 8.22. The Kier molecular flexibility index (Phi) is 3.39. The highest BCUT2D eigenvalue weighted by Gasteiger charge is 2.19. The maximum absolute atomic E-state index is 4.79. The Labute approximate surface area is 138 Å². The third-order valence-corrected chi connectivity index (χ3v) is 4.69. The van der Waals surface area contributed by atoms with E-state index in [4.69, 9.17) is 4.98 Å². The van der Waals surface area contributed by atoms with Crippen molar-refractivity contribution in [3.8, 4) is 0 Å². The van der Waals surface area contributed by atoms with Crippen LogP contribution in [0.15, 0.2) is 78.9 Å². The average molecular weight is 348 g/mol. The molecule has 22 heavy (non-hydrogen) atoms. The molecular formula is C20H14BrN. The van der Waals surface area contributed by atoms with Gasteiger partial charge in [0.25, 0.3) is 0 Å². The predicted octanol–water partition coefficient (Wildman–Crippen LogP) is 5.48. The SMILES string of the molecule is BrC1C=C(c2ccc3ccccc3n2)C=C1c1ccccc1. The van der Waals surface area contributed by atoms with Crippen LogP contribution in [-0.2, 0) is 0 Å². The van der Waals surface area contributed by atoms with Crippen molar-refractivity contribution in [3.63, 3.8) is 0 Å². The third kappa shape index (κ3) is 2.40. The Hall–Kier alpha value is -2.19. The number of benzene rings is 2. The van der Waals surface area contributed by atoms with Gasteiger partial charge in [0, 0.05) is 5.39 Å². The number of para-hydroxylation sites is 1. The molecule has 0 spiro atoms. The molecule has 0 radical (unpaired) electrons. The van der Waals surface area contributed by atoms with Crippen molar-refractivity contribution in [2.75, 3.05) is 0 Å². The van der Waals surface area contributed by atoms with Gasteiger partial charge in [-0.15, -0.1) is 0 Å². The quantitative estimate of drug-likeness (QED) is 0.559. The van der Waals surface area contributed by atoms with Gasteiger partial charge in [0.1, 0.15) is 0 Å². The fourth-order valence-corrected chi connectivity index (χ4v) is 3.48. The number of rotatable bonds is 2. The number of nitrogens with zero attached hydrogens (tertiary/aromatic N) is 1. The molecule has 0 N–H and O–H groups in total. The normalized spacial score (nSPS) is 17.4. The minimum absolute atomic E-state index is 0.234. The number of alkyl halides is 1. The molecule has 0 saturated heterocycles. The van der Waals surface area contributed by atoms with Crippen molar-refractivity contribution in [2.45, 2.75) is 4.83 Å². The highest BCUT2D eigenvalue weighted by atomic mass is 79.9. The lowest BCUT2D eigenvalue weighted by molar-refractivity contribution is 1.35. The first kappa shape index (κ1) is 13.5. The number of hydrogen-bond acceptors (Lipinski definition) is 1. The van der Waals surface area contributed by atoms with Gasteiger partial charge in [0.05, 0.1) is 16.0 Å². The second-order valence-electron chi connectivity index (χ2n) is 5.38. The average Bonchev–Trinajstić information content (AvgIpc) is 2.97. The maximum atomic E-state index is 4.79. The van der Waals surface area contributed by atoms with Crippen LogP contribution in [0.5, 0.6) is 0 Å². The van der Waals surface area contributed by atoms with Crippen molar-refractivity contribution in [2.24, 2.45) is 0 Å². The molecule has 3 aromatic rings. The summed E-state index contributed by atoms with van der Waals surface area (Å²) < 4.78 is 0. The minimum atomic E-state index is 0.234. The summed E-state index contributed by atoms with van der Waals surface area (Å²) >= 11 is 3.76. The van der Waals surface area contributed by atoms with E-state index in [2.05, 4.69) is 76.6 Å². The molecule has 0 aliphatic heterocycles. The summed E-state index contributed by atoms with van der Waals surface area (Å²) in [5.41, 5.74) is 5.76. The smallest absolute Gasteiger partial charge is 0.0709 e. The number of aromatic nitrogens is 1. The van der Waals surface area contributed by atoms with Gasteiger partial charge in [0.15, 0.2) is 0 Å². The molecular weight excluding hydrogens is 334 g/mol. The van der Waals surface area contributed by atoms with Crippen LogP contribution in [0.1, 0.15) is 11.3 Å². The van der Waals surface area contributed by atoms with Crippen LogP contribution < -0.4 is 0 Å². The van der Waals surface area contributed by atoms with E-state index in [9.17, 15) is 0 Å². The lowest BCUT2D eigenvalue weighted by atomic mass is 10.1. The van der Waals surface area contributed by atoms with Crippen LogP contribution in [0.3, 0.4) is 0 Å². The molecule has 1 aromatic heterocycles. The van der Waals surface area contributed by atoms with Gasteiger partial charge in [-0.1, -0.05) is 76.6 Å². The fraction of sp³-hybridized carbons (Fsp3) is 0.0500. The van der Waals surface area contributed by atoms with Crippen molar-refractivity contribution in [1.29, 1.82) is 0 Å². The van der Waals surface area contributed by atoms with E-state index >= 15 is 0 Å². The zero-order valence-corrected chi connectivity index (χ0v) is 13.5. The number of halogens is 1. The number of hydrogen-bond donors (Lipinski definition) is 0. The van der Waals surface area contributed by atoms with Crippen molar-refractivity contribution in [1.82, 2.24) is 4.98 Å². The molecule has 1 nitrogen and oxygen atoms in total. The van der Waals surface area contributed by atoms with Crippen LogP contribution in [-0.4, -0.2) is 9.81 Å². The monoisotopic (exact) mass is 347 g/mol. The summed E-state index contributed by atoms with van der Waals surface area (Å²) in [6.45, 7) is 0. The summed E-state index contributed by atoms with van der Waals surface area (Å²) in [4.78, 5) is 5.02. The molecule has 4 rings (SSSR count). The van der Waals surface area contributed by atoms with E-state index < -0.39 is 0 Å². The van der Waals surface area contributed by atoms with E-state index in [1.54, 1.807) is 0 Å². The van der Waals surface area contributed by atoms with E-state index in [0.29, 0.717) is 0 Å². The Morgan fingerprint density at radius 1 is 0.818 bits per heavy atom. The zero-order valence-electron chi connectivity index (χ0n) is 11.9. The standard InChI is InChI=1S/C20H14BrN/c21-18-13-16(12-17(18)14-6-2-1-3-7-14)20-11-10-15-8-4-5-9-19(15)22-20/h1-13,18H. The van der Waals surface area contributed by atoms with E-state index in [0.717, 1.165) is 11.2 Å². The highest BCUT2D eigenvalue weighted by molar-refractivity contribution is 9.10. The molecule has 0 bridgehead atoms. The van der Waals surface area contributed by atoms with Crippen molar-refractivity contribution in [3.05, 3.63) is 90.1 Å². The fourth-order valence-electron chi connectivity index (χ4n) is 2.80. The van der Waals surface area contributed by atoms with Gasteiger partial charge in [-0.2, -0.15) is 0 Å². The Bertz CT molecular complexity index is 894. The molecule has 1 heterocycles. The maximum Gasteiger partial charge on any atom is 0.0709 e. The molecule has 1 atom stereocenters. The number of allylic oxidation sites excluding steroid dienone is 4. The molecule has 1 aliphatic rings. The summed E-state index contributed by atoms with van der Waals surface area (Å²) in [5.74, 6) is 0. The first-order valence-electron chi connectivity index (χ1n) is 7.30. The van der Waals surface area contributed by atoms with Crippen molar-refractivity contribution < 1.29 is 0 Å². The topological polar surface area (TPSA) is 12.9 Å². The van der Waals surface area contributed by atoms with Crippen LogP contribution in [0.25, 0.3) is 22.0 Å². The van der Waals surface area contributed by atoms with Gasteiger partial charge in [-0.05, 0) is 34.9 Å². The second kappa shape index (κ2) is 5.54. The van der Waals surface area contributed by atoms with Crippen LogP contribution in [0, 0.1) is 0 Å². The van der Waals surface area contributed by atoms with Crippen LogP contribution in [0.4, 0.5) is 0 Å². The zero-order chi connectivity index (χ0) is 14.9. The third-order valence-electron chi connectivity index (χ3n) is 3.94. The Morgan fingerprint density at radius 2 is 1.59 bits per heavy atom. The summed E-state index contributed by atoms with van der Waals surface area (Å²) in [6.07, 6.45) is 4.45. The first-order chi connectivity index (χ1) is 10.8.